The van der Waals surface area contributed by atoms with E-state index >= 15 is 0 Å². The summed E-state index contributed by atoms with van der Waals surface area (Å²) in [7, 11) is 0. The van der Waals surface area contributed by atoms with Crippen LogP contribution >= 0.6 is 0 Å². The third-order valence-electron chi connectivity index (χ3n) is 23.2. The summed E-state index contributed by atoms with van der Waals surface area (Å²) >= 11 is 0. The summed E-state index contributed by atoms with van der Waals surface area (Å²) in [6, 6.07) is 145. The monoisotopic (exact) mass is 1450 g/mol. The number of nitrogens with zero attached hydrogens (tertiary/aromatic N) is 8. The second-order valence-corrected chi connectivity index (χ2v) is 29.7. The van der Waals surface area contributed by atoms with Crippen molar-refractivity contribution in [2.75, 3.05) is 0 Å². The smallest absolute Gasteiger partial charge is 0.235 e. The van der Waals surface area contributed by atoms with Gasteiger partial charge in [-0.2, -0.15) is 0 Å². The molecule has 0 fully saturated rings. The Morgan fingerprint density at radius 3 is 0.895 bits per heavy atom. The molecule has 23 rings (SSSR count). The average Bonchev–Trinajstić information content (AvgIpc) is 1.55. The summed E-state index contributed by atoms with van der Waals surface area (Å²) in [6.45, 7) is 0. The summed E-state index contributed by atoms with van der Waals surface area (Å²) in [5, 5.41) is 11.4. The van der Waals surface area contributed by atoms with Gasteiger partial charge in [-0.15, -0.1) is 0 Å². The van der Waals surface area contributed by atoms with E-state index in [1.54, 1.807) is 0 Å². The zero-order valence-electron chi connectivity index (χ0n) is 61.7. The Hall–Kier alpha value is -15.4. The minimum Gasteiger partial charge on any atom is -0.309 e. The molecule has 6 aromatic heterocycles. The number of para-hydroxylation sites is 6. The fourth-order valence-corrected chi connectivity index (χ4v) is 17.8. The molecule has 0 saturated heterocycles. The third kappa shape index (κ3) is 10.6. The van der Waals surface area contributed by atoms with Gasteiger partial charge in [-0.1, -0.05) is 279 Å². The molecule has 8 heteroatoms. The zero-order chi connectivity index (χ0) is 74.9. The van der Waals surface area contributed by atoms with Crippen molar-refractivity contribution in [3.8, 4) is 113 Å². The first-order chi connectivity index (χ1) is 56.5. The summed E-state index contributed by atoms with van der Waals surface area (Å²) in [4.78, 5) is 22.5. The van der Waals surface area contributed by atoms with E-state index in [0.717, 1.165) is 166 Å². The van der Waals surface area contributed by atoms with Gasteiger partial charge in [0.2, 0.25) is 11.9 Å². The lowest BCUT2D eigenvalue weighted by molar-refractivity contribution is 1.01. The summed E-state index contributed by atoms with van der Waals surface area (Å²) in [5.74, 6) is 1.21. The maximum absolute atomic E-state index is 5.74. The molecular formula is C106H66N8. The van der Waals surface area contributed by atoms with Crippen molar-refractivity contribution >= 4 is 109 Å². The van der Waals surface area contributed by atoms with Crippen molar-refractivity contribution in [3.63, 3.8) is 0 Å². The first-order valence-electron chi connectivity index (χ1n) is 38.8. The molecule has 17 aromatic carbocycles. The average molecular weight is 1450 g/mol. The van der Waals surface area contributed by atoms with Crippen molar-refractivity contribution in [2.24, 2.45) is 0 Å². The molecule has 0 saturated carbocycles. The predicted octanol–water partition coefficient (Wildman–Crippen LogP) is 27.3. The predicted molar refractivity (Wildman–Crippen MR) is 473 cm³/mol. The number of rotatable bonds is 12. The van der Waals surface area contributed by atoms with Crippen LogP contribution in [0.1, 0.15) is 0 Å². The molecule has 0 radical (unpaired) electrons. The molecule has 0 atom stereocenters. The molecule has 8 nitrogen and oxygen atoms in total. The van der Waals surface area contributed by atoms with Gasteiger partial charge in [-0.05, 0) is 188 Å². The van der Waals surface area contributed by atoms with Gasteiger partial charge in [0.15, 0.2) is 0 Å². The molecule has 0 unspecified atom stereocenters. The van der Waals surface area contributed by atoms with Crippen LogP contribution in [-0.2, 0) is 0 Å². The molecule has 0 aliphatic heterocycles. The molecule has 530 valence electrons. The van der Waals surface area contributed by atoms with Gasteiger partial charge in [-0.3, -0.25) is 9.13 Å². The Balaban J connectivity index is 0.609. The van der Waals surface area contributed by atoms with E-state index in [1.165, 1.54) is 43.6 Å². The lowest BCUT2D eigenvalue weighted by atomic mass is 9.93. The standard InChI is InChI=1S/C106H66N8/c1-4-23-67(24-5-1)75-52-56-93-92(63-75)103(109-105(107-93)113-99-41-20-14-35-87(99)90-65-81(53-57-101(90)113)111-95-37-16-10-31-83(95)84-32-11-17-38-96(84)111)77-30-22-29-74(59-77)72-47-43-70(44-48-72)71-45-49-73(50-46-71)76-51-55-89-94(64-76)108-106(110-104(89)80-61-78(68-25-6-2-7-26-68)60-79(62-80)69-27-8-3-9-28-69)114-100-42-21-15-36-88(100)91-66-82(54-58-102(91)114)112-97-39-18-12-33-85(97)86-34-13-19-40-98(86)112/h1-66H. The number of fused-ring (bicyclic) bond motifs is 14. The Bertz CT molecular complexity index is 7660. The van der Waals surface area contributed by atoms with Gasteiger partial charge in [-0.25, -0.2) is 19.9 Å². The third-order valence-corrected chi connectivity index (χ3v) is 23.2. The van der Waals surface area contributed by atoms with Crippen molar-refractivity contribution < 1.29 is 0 Å². The highest BCUT2D eigenvalue weighted by Crippen LogP contribution is 2.44. The molecule has 0 N–H and O–H groups in total. The quantitative estimate of drug-likeness (QED) is 0.122. The summed E-state index contributed by atoms with van der Waals surface area (Å²) < 4.78 is 9.29. The highest BCUT2D eigenvalue weighted by atomic mass is 15.2. The maximum Gasteiger partial charge on any atom is 0.235 e. The van der Waals surface area contributed by atoms with Crippen molar-refractivity contribution in [1.29, 1.82) is 0 Å². The normalized spacial score (nSPS) is 11.9. The summed E-state index contributed by atoms with van der Waals surface area (Å²) in [5.41, 5.74) is 29.7. The van der Waals surface area contributed by atoms with Crippen molar-refractivity contribution in [1.82, 2.24) is 38.2 Å². The van der Waals surface area contributed by atoms with Crippen LogP contribution in [-0.4, -0.2) is 38.2 Å². The van der Waals surface area contributed by atoms with E-state index < -0.39 is 0 Å². The minimum atomic E-state index is 0.596. The second-order valence-electron chi connectivity index (χ2n) is 29.7. The van der Waals surface area contributed by atoms with E-state index in [4.69, 9.17) is 19.9 Å². The van der Waals surface area contributed by atoms with E-state index in [-0.39, 0.29) is 0 Å². The van der Waals surface area contributed by atoms with Crippen LogP contribution in [0.4, 0.5) is 0 Å². The number of benzene rings is 17. The fraction of sp³-hybridized carbons (Fsp3) is 0. The van der Waals surface area contributed by atoms with Gasteiger partial charge in [0.25, 0.3) is 0 Å². The first-order valence-corrected chi connectivity index (χ1v) is 38.8. The van der Waals surface area contributed by atoms with Crippen LogP contribution in [0.2, 0.25) is 0 Å². The minimum absolute atomic E-state index is 0.596. The summed E-state index contributed by atoms with van der Waals surface area (Å²) in [6.07, 6.45) is 0. The van der Waals surface area contributed by atoms with E-state index in [1.807, 2.05) is 0 Å². The molecule has 0 bridgehead atoms. The molecule has 6 heterocycles. The molecule has 23 aromatic rings. The fourth-order valence-electron chi connectivity index (χ4n) is 17.8. The van der Waals surface area contributed by atoms with Crippen LogP contribution in [0.5, 0.6) is 0 Å². The lowest BCUT2D eigenvalue weighted by Gasteiger charge is -2.15. The molecule has 0 aliphatic rings. The van der Waals surface area contributed by atoms with E-state index in [0.29, 0.717) is 11.9 Å². The van der Waals surface area contributed by atoms with Crippen LogP contribution in [0.15, 0.2) is 400 Å². The highest BCUT2D eigenvalue weighted by molar-refractivity contribution is 6.15. The molecule has 0 aliphatic carbocycles. The van der Waals surface area contributed by atoms with Gasteiger partial charge >= 0.3 is 0 Å². The molecule has 0 spiro atoms. The van der Waals surface area contributed by atoms with Crippen LogP contribution in [0.3, 0.4) is 0 Å². The number of hydrogen-bond acceptors (Lipinski definition) is 4. The van der Waals surface area contributed by atoms with Gasteiger partial charge in [0.05, 0.1) is 66.6 Å². The first kappa shape index (κ1) is 64.6. The largest absolute Gasteiger partial charge is 0.309 e. The topological polar surface area (TPSA) is 71.3 Å². The molecular weight excluding hydrogens is 1390 g/mol. The van der Waals surface area contributed by atoms with Crippen LogP contribution < -0.4 is 0 Å². The van der Waals surface area contributed by atoms with Gasteiger partial charge in [0.1, 0.15) is 0 Å². The Kier molecular flexibility index (Phi) is 14.8. The van der Waals surface area contributed by atoms with Crippen LogP contribution in [0, 0.1) is 0 Å². The van der Waals surface area contributed by atoms with Gasteiger partial charge in [0, 0.05) is 76.4 Å². The Labute approximate surface area is 655 Å². The SMILES string of the molecule is c1ccc(-c2cc(-c3ccccc3)cc(-c3nc(-n4c5ccccc5c5cc(-n6c7ccccc7c7ccccc76)ccc54)nc4cc(-c5ccc(-c6ccc(-c7cccc(-c8nc(-n9c%10ccccc%10c%10cc(-n%11c%12ccccc%12c%12ccccc%12%11)ccc%109)nc9ccc(-c%10ccccc%10)cc89)c7)cc6)cc5)ccc34)c2)cc1. The Morgan fingerprint density at radius 2 is 0.439 bits per heavy atom. The lowest BCUT2D eigenvalue weighted by Crippen LogP contribution is -2.04. The Morgan fingerprint density at radius 1 is 0.140 bits per heavy atom. The molecule has 0 amide bonds. The van der Waals surface area contributed by atoms with Crippen LogP contribution in [0.25, 0.3) is 222 Å². The van der Waals surface area contributed by atoms with Crippen molar-refractivity contribution in [3.05, 3.63) is 400 Å². The highest BCUT2D eigenvalue weighted by Gasteiger charge is 2.24. The zero-order valence-corrected chi connectivity index (χ0v) is 61.7. The molecule has 114 heavy (non-hydrogen) atoms. The van der Waals surface area contributed by atoms with Crippen molar-refractivity contribution in [2.45, 2.75) is 0 Å². The second kappa shape index (κ2) is 26.2. The van der Waals surface area contributed by atoms with E-state index in [2.05, 4.69) is 419 Å². The number of aromatic nitrogens is 8. The number of hydrogen-bond donors (Lipinski definition) is 0. The van der Waals surface area contributed by atoms with Gasteiger partial charge < -0.3 is 9.13 Å². The van der Waals surface area contributed by atoms with E-state index in [9.17, 15) is 0 Å². The maximum atomic E-state index is 5.74.